The Hall–Kier alpha value is -2.17. The molecule has 7 heteroatoms. The Balaban J connectivity index is 2.34. The Labute approximate surface area is 124 Å². The standard InChI is InChI=1S/C14H16N4O2S/c1-3-18(10-13-7-5-4-6-12(13)8-15)21(19,20)14-9-16-11(2)17-14/h4-7,9H,3,10H2,1-2H3,(H,16,17). The van der Waals surface area contributed by atoms with Crippen molar-refractivity contribution in [2.24, 2.45) is 0 Å². The summed E-state index contributed by atoms with van der Waals surface area (Å²) in [5.74, 6) is 0.544. The first-order valence-corrected chi connectivity index (χ1v) is 7.92. The van der Waals surface area contributed by atoms with E-state index >= 15 is 0 Å². The summed E-state index contributed by atoms with van der Waals surface area (Å²) in [6, 6.07) is 9.06. The van der Waals surface area contributed by atoms with E-state index in [2.05, 4.69) is 16.0 Å². The molecule has 1 aromatic carbocycles. The van der Waals surface area contributed by atoms with E-state index in [1.165, 1.54) is 10.5 Å². The van der Waals surface area contributed by atoms with Gasteiger partial charge >= 0.3 is 0 Å². The summed E-state index contributed by atoms with van der Waals surface area (Å²) in [4.78, 5) is 6.67. The van der Waals surface area contributed by atoms with Crippen molar-refractivity contribution < 1.29 is 8.42 Å². The third-order valence-electron chi connectivity index (χ3n) is 3.13. The highest BCUT2D eigenvalue weighted by molar-refractivity contribution is 7.89. The lowest BCUT2D eigenvalue weighted by molar-refractivity contribution is 0.421. The molecule has 110 valence electrons. The summed E-state index contributed by atoms with van der Waals surface area (Å²) in [7, 11) is -3.65. The fraction of sp³-hybridized carbons (Fsp3) is 0.286. The number of nitrogens with zero attached hydrogens (tertiary/aromatic N) is 3. The van der Waals surface area contributed by atoms with Crippen molar-refractivity contribution in [2.45, 2.75) is 25.4 Å². The number of nitrogens with one attached hydrogen (secondary N) is 1. The molecule has 2 aromatic rings. The molecule has 0 radical (unpaired) electrons. The summed E-state index contributed by atoms with van der Waals surface area (Å²) in [6.45, 7) is 3.91. The average Bonchev–Trinajstić information content (AvgIpc) is 2.92. The highest BCUT2D eigenvalue weighted by Crippen LogP contribution is 2.18. The van der Waals surface area contributed by atoms with Gasteiger partial charge in [0, 0.05) is 13.1 Å². The predicted molar refractivity (Wildman–Crippen MR) is 77.8 cm³/mol. The van der Waals surface area contributed by atoms with Crippen molar-refractivity contribution in [3.8, 4) is 6.07 Å². The molecule has 21 heavy (non-hydrogen) atoms. The lowest BCUT2D eigenvalue weighted by atomic mass is 10.1. The minimum Gasteiger partial charge on any atom is -0.332 e. The van der Waals surface area contributed by atoms with Gasteiger partial charge in [0.1, 0.15) is 5.82 Å². The molecular weight excluding hydrogens is 288 g/mol. The minimum atomic E-state index is -3.65. The Morgan fingerprint density at radius 2 is 2.10 bits per heavy atom. The molecule has 0 unspecified atom stereocenters. The summed E-state index contributed by atoms with van der Waals surface area (Å²) >= 11 is 0. The first-order chi connectivity index (χ1) is 9.98. The van der Waals surface area contributed by atoms with Gasteiger partial charge in [0.2, 0.25) is 0 Å². The van der Waals surface area contributed by atoms with Gasteiger partial charge in [-0.15, -0.1) is 0 Å². The molecule has 2 rings (SSSR count). The zero-order valence-corrected chi connectivity index (χ0v) is 12.7. The number of hydrogen-bond acceptors (Lipinski definition) is 4. The number of rotatable bonds is 5. The SMILES string of the molecule is CCN(Cc1ccccc1C#N)S(=O)(=O)c1cnc(C)[nH]1. The summed E-state index contributed by atoms with van der Waals surface area (Å²) in [5, 5.41) is 9.16. The highest BCUT2D eigenvalue weighted by Gasteiger charge is 2.25. The monoisotopic (exact) mass is 304 g/mol. The van der Waals surface area contributed by atoms with E-state index in [0.717, 1.165) is 0 Å². The number of aryl methyl sites for hydroxylation is 1. The number of aromatic nitrogens is 2. The lowest BCUT2D eigenvalue weighted by Gasteiger charge is -2.20. The summed E-state index contributed by atoms with van der Waals surface area (Å²) in [6.07, 6.45) is 1.31. The van der Waals surface area contributed by atoms with E-state index in [0.29, 0.717) is 23.5 Å². The van der Waals surface area contributed by atoms with Crippen molar-refractivity contribution in [2.75, 3.05) is 6.54 Å². The molecule has 0 spiro atoms. The topological polar surface area (TPSA) is 89.8 Å². The van der Waals surface area contributed by atoms with E-state index in [1.54, 1.807) is 38.1 Å². The first-order valence-electron chi connectivity index (χ1n) is 6.48. The van der Waals surface area contributed by atoms with Gasteiger partial charge in [0.15, 0.2) is 5.03 Å². The van der Waals surface area contributed by atoms with Crippen molar-refractivity contribution in [3.63, 3.8) is 0 Å². The Morgan fingerprint density at radius 1 is 1.38 bits per heavy atom. The van der Waals surface area contributed by atoms with E-state index in [-0.39, 0.29) is 11.6 Å². The average molecular weight is 304 g/mol. The molecule has 0 aliphatic carbocycles. The number of sulfonamides is 1. The number of nitriles is 1. The van der Waals surface area contributed by atoms with Gasteiger partial charge in [-0.05, 0) is 18.6 Å². The molecule has 0 aliphatic rings. The zero-order valence-electron chi connectivity index (χ0n) is 11.9. The molecule has 0 amide bonds. The van der Waals surface area contributed by atoms with Crippen molar-refractivity contribution in [1.82, 2.24) is 14.3 Å². The van der Waals surface area contributed by atoms with Crippen molar-refractivity contribution >= 4 is 10.0 Å². The van der Waals surface area contributed by atoms with Gasteiger partial charge in [-0.2, -0.15) is 9.57 Å². The van der Waals surface area contributed by atoms with Crippen molar-refractivity contribution in [3.05, 3.63) is 47.4 Å². The second-order valence-corrected chi connectivity index (χ2v) is 6.44. The van der Waals surface area contributed by atoms with Gasteiger partial charge < -0.3 is 4.98 Å². The molecule has 0 aliphatic heterocycles. The maximum absolute atomic E-state index is 12.6. The molecule has 6 nitrogen and oxygen atoms in total. The third-order valence-corrected chi connectivity index (χ3v) is 4.97. The summed E-state index contributed by atoms with van der Waals surface area (Å²) < 4.78 is 26.4. The fourth-order valence-electron chi connectivity index (χ4n) is 1.99. The molecule has 1 heterocycles. The van der Waals surface area contributed by atoms with Crippen LogP contribution in [0.1, 0.15) is 23.9 Å². The number of hydrogen-bond donors (Lipinski definition) is 1. The van der Waals surface area contributed by atoms with Crippen LogP contribution in [0.3, 0.4) is 0 Å². The normalized spacial score (nSPS) is 11.5. The van der Waals surface area contributed by atoms with Crippen LogP contribution in [0.4, 0.5) is 0 Å². The third kappa shape index (κ3) is 3.12. The van der Waals surface area contributed by atoms with E-state index in [9.17, 15) is 8.42 Å². The first kappa shape index (κ1) is 15.2. The van der Waals surface area contributed by atoms with Gasteiger partial charge in [0.05, 0.1) is 17.8 Å². The van der Waals surface area contributed by atoms with Crippen LogP contribution in [0.2, 0.25) is 0 Å². The van der Waals surface area contributed by atoms with E-state index < -0.39 is 10.0 Å². The molecule has 0 saturated carbocycles. The molecule has 0 fully saturated rings. The maximum atomic E-state index is 12.6. The van der Waals surface area contributed by atoms with Crippen LogP contribution in [-0.4, -0.2) is 29.2 Å². The molecular formula is C14H16N4O2S. The van der Waals surface area contributed by atoms with Crippen LogP contribution in [0, 0.1) is 18.3 Å². The number of benzene rings is 1. The fourth-order valence-corrected chi connectivity index (χ4v) is 3.38. The van der Waals surface area contributed by atoms with Crippen LogP contribution < -0.4 is 0 Å². The second-order valence-electron chi connectivity index (χ2n) is 4.53. The highest BCUT2D eigenvalue weighted by atomic mass is 32.2. The van der Waals surface area contributed by atoms with Gasteiger partial charge in [0.25, 0.3) is 10.0 Å². The molecule has 0 bridgehead atoms. The quantitative estimate of drug-likeness (QED) is 0.912. The van der Waals surface area contributed by atoms with E-state index in [4.69, 9.17) is 5.26 Å². The van der Waals surface area contributed by atoms with Gasteiger partial charge in [-0.1, -0.05) is 25.1 Å². The van der Waals surface area contributed by atoms with Crippen LogP contribution >= 0.6 is 0 Å². The Kier molecular flexibility index (Phi) is 4.40. The Bertz CT molecular complexity index is 774. The van der Waals surface area contributed by atoms with Crippen LogP contribution in [0.25, 0.3) is 0 Å². The van der Waals surface area contributed by atoms with Gasteiger partial charge in [-0.25, -0.2) is 13.4 Å². The second kappa shape index (κ2) is 6.08. The van der Waals surface area contributed by atoms with E-state index in [1.807, 2.05) is 0 Å². The number of H-pyrrole nitrogens is 1. The van der Waals surface area contributed by atoms with Crippen LogP contribution in [0.15, 0.2) is 35.5 Å². The van der Waals surface area contributed by atoms with Gasteiger partial charge in [-0.3, -0.25) is 0 Å². The molecule has 0 saturated heterocycles. The van der Waals surface area contributed by atoms with Crippen molar-refractivity contribution in [1.29, 1.82) is 5.26 Å². The molecule has 1 aromatic heterocycles. The molecule has 0 atom stereocenters. The van der Waals surface area contributed by atoms with Crippen LogP contribution in [0.5, 0.6) is 0 Å². The predicted octanol–water partition coefficient (Wildman–Crippen LogP) is 1.80. The zero-order chi connectivity index (χ0) is 15.5. The Morgan fingerprint density at radius 3 is 2.67 bits per heavy atom. The maximum Gasteiger partial charge on any atom is 0.260 e. The minimum absolute atomic E-state index is 0.0660. The number of imidazole rings is 1. The smallest absolute Gasteiger partial charge is 0.260 e. The summed E-state index contributed by atoms with van der Waals surface area (Å²) in [5.41, 5.74) is 1.16. The van der Waals surface area contributed by atoms with Crippen LogP contribution in [-0.2, 0) is 16.6 Å². The largest absolute Gasteiger partial charge is 0.332 e. The molecule has 1 N–H and O–H groups in total. The number of aromatic amines is 1. The lowest BCUT2D eigenvalue weighted by Crippen LogP contribution is -2.31.